The van der Waals surface area contributed by atoms with Gasteiger partial charge in [-0.05, 0) is 7.05 Å². The number of thioether (sulfide) groups is 2. The Bertz CT molecular complexity index is 423. The Balaban J connectivity index is 2.31. The fraction of sp³-hybridized carbons (Fsp3) is 0.786. The molecule has 1 aliphatic heterocycles. The number of aromatic nitrogens is 1. The number of nitrogens with zero attached hydrogens (tertiary/aromatic N) is 1. The minimum atomic E-state index is 0.136. The van der Waals surface area contributed by atoms with E-state index < -0.39 is 0 Å². The maximum absolute atomic E-state index is 5.02. The van der Waals surface area contributed by atoms with Gasteiger partial charge in [0, 0.05) is 33.6 Å². The Morgan fingerprint density at radius 1 is 1.26 bits per heavy atom. The molecule has 0 bridgehead atoms. The Labute approximate surface area is 129 Å². The van der Waals surface area contributed by atoms with Crippen LogP contribution in [0.25, 0.3) is 0 Å². The molecule has 1 fully saturated rings. The van der Waals surface area contributed by atoms with Crippen LogP contribution in [0, 0.1) is 0 Å². The molecule has 108 valence electrons. The fourth-order valence-corrected chi connectivity index (χ4v) is 6.71. The van der Waals surface area contributed by atoms with Crippen LogP contribution in [0.5, 0.6) is 0 Å². The second-order valence-corrected chi connectivity index (χ2v) is 9.82. The monoisotopic (exact) mass is 316 g/mol. The average molecular weight is 317 g/mol. The number of thiazole rings is 1. The standard InChI is InChI=1S/C14H24N2S3/c1-9-11(18-7-6-17-9)13-16-12(14(2,3)4)10(19-13)8-15-5/h9,11,15H,6-8H2,1-5H3. The summed E-state index contributed by atoms with van der Waals surface area (Å²) in [5.41, 5.74) is 1.42. The van der Waals surface area contributed by atoms with Crippen molar-refractivity contribution in [2.45, 2.75) is 50.2 Å². The number of hydrogen-bond acceptors (Lipinski definition) is 5. The summed E-state index contributed by atoms with van der Waals surface area (Å²) in [6.45, 7) is 10.1. The first kappa shape index (κ1) is 15.7. The molecule has 0 spiro atoms. The van der Waals surface area contributed by atoms with Gasteiger partial charge in [-0.15, -0.1) is 23.1 Å². The lowest BCUT2D eigenvalue weighted by molar-refractivity contribution is 0.561. The van der Waals surface area contributed by atoms with E-state index in [2.05, 4.69) is 56.5 Å². The van der Waals surface area contributed by atoms with Gasteiger partial charge in [0.1, 0.15) is 5.01 Å². The molecule has 0 saturated carbocycles. The lowest BCUT2D eigenvalue weighted by Gasteiger charge is -2.26. The summed E-state index contributed by atoms with van der Waals surface area (Å²) in [5.74, 6) is 2.54. The van der Waals surface area contributed by atoms with E-state index in [1.807, 2.05) is 18.4 Å². The maximum Gasteiger partial charge on any atom is 0.107 e. The molecule has 0 aromatic carbocycles. The van der Waals surface area contributed by atoms with E-state index in [0.29, 0.717) is 10.5 Å². The molecule has 5 heteroatoms. The van der Waals surface area contributed by atoms with Crippen molar-refractivity contribution in [3.8, 4) is 0 Å². The normalized spacial score (nSPS) is 24.7. The van der Waals surface area contributed by atoms with Crippen molar-refractivity contribution < 1.29 is 0 Å². The van der Waals surface area contributed by atoms with Crippen LogP contribution in [0.15, 0.2) is 0 Å². The van der Waals surface area contributed by atoms with Crippen molar-refractivity contribution in [2.24, 2.45) is 0 Å². The third kappa shape index (κ3) is 3.69. The number of rotatable bonds is 3. The maximum atomic E-state index is 5.02. The highest BCUT2D eigenvalue weighted by Crippen LogP contribution is 2.45. The first-order chi connectivity index (χ1) is 8.93. The molecular formula is C14H24N2S3. The van der Waals surface area contributed by atoms with Gasteiger partial charge in [-0.2, -0.15) is 11.8 Å². The van der Waals surface area contributed by atoms with Crippen LogP contribution < -0.4 is 5.32 Å². The smallest absolute Gasteiger partial charge is 0.107 e. The van der Waals surface area contributed by atoms with Gasteiger partial charge in [-0.1, -0.05) is 27.7 Å². The van der Waals surface area contributed by atoms with Gasteiger partial charge < -0.3 is 5.32 Å². The van der Waals surface area contributed by atoms with Gasteiger partial charge in [-0.25, -0.2) is 4.98 Å². The predicted molar refractivity (Wildman–Crippen MR) is 90.7 cm³/mol. The first-order valence-electron chi connectivity index (χ1n) is 6.81. The van der Waals surface area contributed by atoms with Crippen LogP contribution >= 0.6 is 34.9 Å². The minimum Gasteiger partial charge on any atom is -0.315 e. The van der Waals surface area contributed by atoms with Crippen molar-refractivity contribution in [2.75, 3.05) is 18.6 Å². The van der Waals surface area contributed by atoms with E-state index >= 15 is 0 Å². The zero-order valence-electron chi connectivity index (χ0n) is 12.4. The molecule has 0 amide bonds. The highest BCUT2D eigenvalue weighted by molar-refractivity contribution is 8.06. The summed E-state index contributed by atoms with van der Waals surface area (Å²) in [6.07, 6.45) is 0. The van der Waals surface area contributed by atoms with E-state index in [9.17, 15) is 0 Å². The Hall–Kier alpha value is 0.290. The molecule has 1 aliphatic rings. The molecule has 1 aromatic heterocycles. The van der Waals surface area contributed by atoms with Crippen LogP contribution in [0.1, 0.15) is 48.5 Å². The summed E-state index contributed by atoms with van der Waals surface area (Å²) < 4.78 is 0. The van der Waals surface area contributed by atoms with E-state index in [0.717, 1.165) is 6.54 Å². The molecule has 2 rings (SSSR count). The van der Waals surface area contributed by atoms with Gasteiger partial charge in [0.25, 0.3) is 0 Å². The van der Waals surface area contributed by atoms with E-state index in [1.165, 1.54) is 27.1 Å². The molecule has 0 radical (unpaired) electrons. The fourth-order valence-electron chi connectivity index (χ4n) is 2.26. The summed E-state index contributed by atoms with van der Waals surface area (Å²) in [7, 11) is 2.01. The molecular weight excluding hydrogens is 292 g/mol. The van der Waals surface area contributed by atoms with Crippen molar-refractivity contribution in [3.05, 3.63) is 15.6 Å². The van der Waals surface area contributed by atoms with Gasteiger partial charge in [0.05, 0.1) is 10.9 Å². The molecule has 2 atom stereocenters. The molecule has 1 saturated heterocycles. The summed E-state index contributed by atoms with van der Waals surface area (Å²) in [5, 5.41) is 5.88. The first-order valence-corrected chi connectivity index (χ1v) is 9.72. The van der Waals surface area contributed by atoms with Gasteiger partial charge >= 0.3 is 0 Å². The van der Waals surface area contributed by atoms with Crippen molar-refractivity contribution in [1.82, 2.24) is 10.3 Å². The van der Waals surface area contributed by atoms with Crippen molar-refractivity contribution in [3.63, 3.8) is 0 Å². The second kappa shape index (κ2) is 6.37. The molecule has 19 heavy (non-hydrogen) atoms. The van der Waals surface area contributed by atoms with Crippen molar-refractivity contribution in [1.29, 1.82) is 0 Å². The van der Waals surface area contributed by atoms with Gasteiger partial charge in [0.15, 0.2) is 0 Å². The second-order valence-electron chi connectivity index (χ2n) is 5.97. The van der Waals surface area contributed by atoms with Crippen LogP contribution in [0.3, 0.4) is 0 Å². The zero-order valence-corrected chi connectivity index (χ0v) is 14.9. The molecule has 0 aliphatic carbocycles. The van der Waals surface area contributed by atoms with E-state index in [-0.39, 0.29) is 5.41 Å². The summed E-state index contributed by atoms with van der Waals surface area (Å²) >= 11 is 6.08. The zero-order chi connectivity index (χ0) is 14.0. The average Bonchev–Trinajstić information content (AvgIpc) is 2.74. The Morgan fingerprint density at radius 3 is 2.53 bits per heavy atom. The lowest BCUT2D eigenvalue weighted by atomic mass is 9.91. The molecule has 2 nitrogen and oxygen atoms in total. The van der Waals surface area contributed by atoms with E-state index in [4.69, 9.17) is 4.98 Å². The third-order valence-corrected chi connectivity index (χ3v) is 7.58. The highest BCUT2D eigenvalue weighted by Gasteiger charge is 2.30. The summed E-state index contributed by atoms with van der Waals surface area (Å²) in [6, 6.07) is 0. The predicted octanol–water partition coefficient (Wildman–Crippen LogP) is 4.07. The van der Waals surface area contributed by atoms with Crippen LogP contribution in [0.2, 0.25) is 0 Å². The molecule has 2 unspecified atom stereocenters. The SMILES string of the molecule is CNCc1sc(C2SCCSC2C)nc1C(C)(C)C. The minimum absolute atomic E-state index is 0.136. The van der Waals surface area contributed by atoms with Gasteiger partial charge in [-0.3, -0.25) is 0 Å². The summed E-state index contributed by atoms with van der Waals surface area (Å²) in [4.78, 5) is 6.43. The van der Waals surface area contributed by atoms with E-state index in [1.54, 1.807) is 0 Å². The number of nitrogens with one attached hydrogen (secondary N) is 1. The Kier molecular flexibility index (Phi) is 5.26. The third-order valence-electron chi connectivity index (χ3n) is 3.19. The van der Waals surface area contributed by atoms with Crippen LogP contribution in [-0.4, -0.2) is 28.8 Å². The topological polar surface area (TPSA) is 24.9 Å². The quantitative estimate of drug-likeness (QED) is 0.908. The largest absolute Gasteiger partial charge is 0.315 e. The highest BCUT2D eigenvalue weighted by atomic mass is 32.2. The van der Waals surface area contributed by atoms with Crippen molar-refractivity contribution >= 4 is 34.9 Å². The molecule has 1 N–H and O–H groups in total. The molecule has 2 heterocycles. The number of hydrogen-bond donors (Lipinski definition) is 1. The van der Waals surface area contributed by atoms with Crippen LogP contribution in [-0.2, 0) is 12.0 Å². The lowest BCUT2D eigenvalue weighted by Crippen LogP contribution is -2.18. The molecule has 1 aromatic rings. The Morgan fingerprint density at radius 2 is 1.95 bits per heavy atom. The van der Waals surface area contributed by atoms with Crippen LogP contribution in [0.4, 0.5) is 0 Å². The van der Waals surface area contributed by atoms with Gasteiger partial charge in [0.2, 0.25) is 0 Å².